The van der Waals surface area contributed by atoms with Crippen LogP contribution < -0.4 is 4.90 Å². The highest BCUT2D eigenvalue weighted by Crippen LogP contribution is 2.22. The van der Waals surface area contributed by atoms with E-state index in [0.717, 1.165) is 24.9 Å². The van der Waals surface area contributed by atoms with E-state index in [1.54, 1.807) is 0 Å². The van der Waals surface area contributed by atoms with E-state index in [1.807, 2.05) is 26.0 Å². The maximum Gasteiger partial charge on any atom is 0.226 e. The molecular formula is C23H30N2O. The Labute approximate surface area is 157 Å². The molecule has 3 rings (SSSR count). The van der Waals surface area contributed by atoms with Crippen LogP contribution in [0.25, 0.3) is 0 Å². The van der Waals surface area contributed by atoms with Crippen LogP contribution in [0, 0.1) is 0 Å². The maximum absolute atomic E-state index is 12.6. The molecule has 0 heterocycles. The molecule has 0 unspecified atom stereocenters. The molecule has 1 aliphatic carbocycles. The summed E-state index contributed by atoms with van der Waals surface area (Å²) in [6.45, 7) is 0.755. The molecule has 0 spiro atoms. The van der Waals surface area contributed by atoms with Crippen molar-refractivity contribution in [3.63, 3.8) is 0 Å². The molecular weight excluding hydrogens is 320 g/mol. The van der Waals surface area contributed by atoms with Gasteiger partial charge < -0.3 is 9.80 Å². The van der Waals surface area contributed by atoms with Crippen molar-refractivity contribution in [3.8, 4) is 0 Å². The molecule has 0 fully saturated rings. The lowest BCUT2D eigenvalue weighted by molar-refractivity contribution is -0.129. The molecule has 0 N–H and O–H groups in total. The van der Waals surface area contributed by atoms with Gasteiger partial charge in [-0.2, -0.15) is 0 Å². The van der Waals surface area contributed by atoms with Gasteiger partial charge >= 0.3 is 0 Å². The Morgan fingerprint density at radius 3 is 2.23 bits per heavy atom. The zero-order chi connectivity index (χ0) is 18.5. The summed E-state index contributed by atoms with van der Waals surface area (Å²) in [7, 11) is 6.00. The number of nitrogens with zero attached hydrogens (tertiary/aromatic N) is 2. The molecule has 0 radical (unpaired) electrons. The largest absolute Gasteiger partial charge is 0.378 e. The predicted octanol–water partition coefficient (Wildman–Crippen LogP) is 3.88. The average Bonchev–Trinajstić information content (AvgIpc) is 2.66. The average molecular weight is 351 g/mol. The summed E-state index contributed by atoms with van der Waals surface area (Å²) in [5.41, 5.74) is 6.54. The molecule has 1 aliphatic rings. The smallest absolute Gasteiger partial charge is 0.226 e. The van der Waals surface area contributed by atoms with Gasteiger partial charge in [-0.1, -0.05) is 30.3 Å². The zero-order valence-electron chi connectivity index (χ0n) is 16.3. The second-order valence-electron chi connectivity index (χ2n) is 7.61. The van der Waals surface area contributed by atoms with Gasteiger partial charge in [0.05, 0.1) is 6.42 Å². The Kier molecular flexibility index (Phi) is 5.97. The predicted molar refractivity (Wildman–Crippen MR) is 109 cm³/mol. The number of anilines is 1. The van der Waals surface area contributed by atoms with Gasteiger partial charge in [0.1, 0.15) is 0 Å². The van der Waals surface area contributed by atoms with Gasteiger partial charge in [-0.15, -0.1) is 0 Å². The molecule has 2 aromatic carbocycles. The van der Waals surface area contributed by atoms with E-state index < -0.39 is 0 Å². The van der Waals surface area contributed by atoms with Crippen molar-refractivity contribution in [2.75, 3.05) is 32.6 Å². The molecule has 0 bridgehead atoms. The van der Waals surface area contributed by atoms with Crippen LogP contribution in [0.4, 0.5) is 5.69 Å². The van der Waals surface area contributed by atoms with Crippen molar-refractivity contribution >= 4 is 11.6 Å². The first kappa shape index (κ1) is 18.5. The highest BCUT2D eigenvalue weighted by Gasteiger charge is 2.13. The standard InChI is InChI=1S/C23H30N2O/c1-24(2)22-12-9-18(10-13-22)14-15-25(3)23(26)17-19-8-11-20-6-4-5-7-21(20)16-19/h8-13,16H,4-7,14-15,17H2,1-3H3. The van der Waals surface area contributed by atoms with Crippen molar-refractivity contribution in [3.05, 3.63) is 64.7 Å². The highest BCUT2D eigenvalue weighted by molar-refractivity contribution is 5.78. The molecule has 3 nitrogen and oxygen atoms in total. The van der Waals surface area contributed by atoms with Crippen molar-refractivity contribution < 1.29 is 4.79 Å². The van der Waals surface area contributed by atoms with Gasteiger partial charge in [-0.3, -0.25) is 4.79 Å². The van der Waals surface area contributed by atoms with Crippen molar-refractivity contribution in [1.82, 2.24) is 4.90 Å². The maximum atomic E-state index is 12.6. The minimum atomic E-state index is 0.200. The first-order valence-electron chi connectivity index (χ1n) is 9.64. The summed E-state index contributed by atoms with van der Waals surface area (Å²) < 4.78 is 0. The zero-order valence-corrected chi connectivity index (χ0v) is 16.3. The van der Waals surface area contributed by atoms with Crippen LogP contribution in [0.3, 0.4) is 0 Å². The fourth-order valence-corrected chi connectivity index (χ4v) is 3.59. The van der Waals surface area contributed by atoms with Crippen molar-refractivity contribution in [2.45, 2.75) is 38.5 Å². The number of amides is 1. The Balaban J connectivity index is 1.53. The molecule has 0 aliphatic heterocycles. The van der Waals surface area contributed by atoms with E-state index in [9.17, 15) is 4.79 Å². The number of carbonyl (C=O) groups is 1. The highest BCUT2D eigenvalue weighted by atomic mass is 16.2. The summed E-state index contributed by atoms with van der Waals surface area (Å²) in [6, 6.07) is 15.2. The fourth-order valence-electron chi connectivity index (χ4n) is 3.59. The third-order valence-electron chi connectivity index (χ3n) is 5.38. The minimum absolute atomic E-state index is 0.200. The summed E-state index contributed by atoms with van der Waals surface area (Å²) in [5.74, 6) is 0.200. The topological polar surface area (TPSA) is 23.6 Å². The second kappa shape index (κ2) is 8.39. The monoisotopic (exact) mass is 350 g/mol. The van der Waals surface area contributed by atoms with Crippen LogP contribution >= 0.6 is 0 Å². The minimum Gasteiger partial charge on any atom is -0.378 e. The van der Waals surface area contributed by atoms with Crippen LogP contribution in [-0.4, -0.2) is 38.5 Å². The number of hydrogen-bond acceptors (Lipinski definition) is 2. The van der Waals surface area contributed by atoms with Gasteiger partial charge in [-0.25, -0.2) is 0 Å². The first-order chi connectivity index (χ1) is 12.5. The third kappa shape index (κ3) is 4.66. The van der Waals surface area contributed by atoms with Gasteiger partial charge in [0.15, 0.2) is 0 Å². The van der Waals surface area contributed by atoms with Crippen molar-refractivity contribution in [2.24, 2.45) is 0 Å². The van der Waals surface area contributed by atoms with E-state index in [0.29, 0.717) is 6.42 Å². The summed E-state index contributed by atoms with van der Waals surface area (Å²) >= 11 is 0. The Bertz CT molecular complexity index is 749. The number of fused-ring (bicyclic) bond motifs is 1. The van der Waals surface area contributed by atoms with E-state index in [1.165, 1.54) is 41.6 Å². The molecule has 0 atom stereocenters. The number of likely N-dealkylation sites (N-methyl/N-ethyl adjacent to an activating group) is 1. The molecule has 2 aromatic rings. The molecule has 0 saturated carbocycles. The van der Waals surface area contributed by atoms with Gasteiger partial charge in [-0.05, 0) is 66.5 Å². The van der Waals surface area contributed by atoms with E-state index >= 15 is 0 Å². The lowest BCUT2D eigenvalue weighted by atomic mass is 9.90. The van der Waals surface area contributed by atoms with Crippen LogP contribution in [0.15, 0.2) is 42.5 Å². The molecule has 3 heteroatoms. The molecule has 0 saturated heterocycles. The van der Waals surface area contributed by atoms with Crippen LogP contribution in [0.2, 0.25) is 0 Å². The number of benzene rings is 2. The lowest BCUT2D eigenvalue weighted by Gasteiger charge is -2.19. The Morgan fingerprint density at radius 1 is 0.885 bits per heavy atom. The van der Waals surface area contributed by atoms with Gasteiger partial charge in [0, 0.05) is 33.4 Å². The molecule has 26 heavy (non-hydrogen) atoms. The van der Waals surface area contributed by atoms with Gasteiger partial charge in [0.2, 0.25) is 5.91 Å². The van der Waals surface area contributed by atoms with Crippen molar-refractivity contribution in [1.29, 1.82) is 0 Å². The SMILES string of the molecule is CN(CCc1ccc(N(C)C)cc1)C(=O)Cc1ccc2c(c1)CCCC2. The number of aryl methyl sites for hydroxylation is 2. The Hall–Kier alpha value is -2.29. The second-order valence-corrected chi connectivity index (χ2v) is 7.61. The summed E-state index contributed by atoms with van der Waals surface area (Å²) in [5, 5.41) is 0. The lowest BCUT2D eigenvalue weighted by Crippen LogP contribution is -2.30. The molecule has 1 amide bonds. The summed E-state index contributed by atoms with van der Waals surface area (Å²) in [6.07, 6.45) is 6.32. The first-order valence-corrected chi connectivity index (χ1v) is 9.64. The normalized spacial score (nSPS) is 13.2. The van der Waals surface area contributed by atoms with Gasteiger partial charge in [0.25, 0.3) is 0 Å². The van der Waals surface area contributed by atoms with Crippen LogP contribution in [-0.2, 0) is 30.5 Å². The number of carbonyl (C=O) groups excluding carboxylic acids is 1. The van der Waals surface area contributed by atoms with Crippen LogP contribution in [0.1, 0.15) is 35.1 Å². The summed E-state index contributed by atoms with van der Waals surface area (Å²) in [4.78, 5) is 16.5. The van der Waals surface area contributed by atoms with E-state index in [4.69, 9.17) is 0 Å². The fraction of sp³-hybridized carbons (Fsp3) is 0.435. The number of rotatable bonds is 6. The Morgan fingerprint density at radius 2 is 1.54 bits per heavy atom. The molecule has 138 valence electrons. The van der Waals surface area contributed by atoms with Crippen LogP contribution in [0.5, 0.6) is 0 Å². The number of hydrogen-bond donors (Lipinski definition) is 0. The van der Waals surface area contributed by atoms with E-state index in [-0.39, 0.29) is 5.91 Å². The molecule has 0 aromatic heterocycles. The van der Waals surface area contributed by atoms with E-state index in [2.05, 4.69) is 47.4 Å². The quantitative estimate of drug-likeness (QED) is 0.789. The third-order valence-corrected chi connectivity index (χ3v) is 5.38.